The zero-order chi connectivity index (χ0) is 11.7. The first-order valence-corrected chi connectivity index (χ1v) is 6.20. The van der Waals surface area contributed by atoms with Crippen LogP contribution in [0.4, 0.5) is 11.6 Å². The van der Waals surface area contributed by atoms with Crippen molar-refractivity contribution in [3.63, 3.8) is 0 Å². The van der Waals surface area contributed by atoms with E-state index in [1.54, 1.807) is 0 Å². The SMILES string of the molecule is Cn1ccnc1Nc1cccc2c1CCCC2. The lowest BCUT2D eigenvalue weighted by Gasteiger charge is -2.19. The number of nitrogens with one attached hydrogen (secondary N) is 1. The Morgan fingerprint density at radius 2 is 2.12 bits per heavy atom. The quantitative estimate of drug-likeness (QED) is 0.854. The molecule has 3 rings (SSSR count). The molecule has 0 aliphatic heterocycles. The normalized spacial score (nSPS) is 14.4. The number of fused-ring (bicyclic) bond motifs is 1. The van der Waals surface area contributed by atoms with Gasteiger partial charge in [0, 0.05) is 25.1 Å². The molecule has 0 bridgehead atoms. The van der Waals surface area contributed by atoms with Crippen molar-refractivity contribution in [1.82, 2.24) is 9.55 Å². The van der Waals surface area contributed by atoms with Gasteiger partial charge in [-0.05, 0) is 42.9 Å². The Morgan fingerprint density at radius 3 is 2.94 bits per heavy atom. The van der Waals surface area contributed by atoms with E-state index in [0.29, 0.717) is 0 Å². The van der Waals surface area contributed by atoms with E-state index in [1.165, 1.54) is 42.5 Å². The molecular formula is C14H17N3. The van der Waals surface area contributed by atoms with Gasteiger partial charge in [0.2, 0.25) is 5.95 Å². The summed E-state index contributed by atoms with van der Waals surface area (Å²) in [4.78, 5) is 4.31. The molecule has 1 aromatic heterocycles. The van der Waals surface area contributed by atoms with Crippen molar-refractivity contribution in [1.29, 1.82) is 0 Å². The van der Waals surface area contributed by atoms with Crippen molar-refractivity contribution in [2.75, 3.05) is 5.32 Å². The predicted molar refractivity (Wildman–Crippen MR) is 69.6 cm³/mol. The molecule has 1 heterocycles. The summed E-state index contributed by atoms with van der Waals surface area (Å²) < 4.78 is 2.00. The summed E-state index contributed by atoms with van der Waals surface area (Å²) in [6.07, 6.45) is 8.79. The van der Waals surface area contributed by atoms with E-state index in [0.717, 1.165) is 5.95 Å². The van der Waals surface area contributed by atoms with Gasteiger partial charge in [-0.1, -0.05) is 12.1 Å². The van der Waals surface area contributed by atoms with Gasteiger partial charge in [-0.3, -0.25) is 0 Å². The van der Waals surface area contributed by atoms with E-state index in [-0.39, 0.29) is 0 Å². The van der Waals surface area contributed by atoms with Gasteiger partial charge in [0.05, 0.1) is 0 Å². The number of aromatic nitrogens is 2. The highest BCUT2D eigenvalue weighted by atomic mass is 15.2. The minimum Gasteiger partial charge on any atom is -0.325 e. The Kier molecular flexibility index (Phi) is 2.59. The second-order valence-electron chi connectivity index (χ2n) is 4.64. The van der Waals surface area contributed by atoms with Crippen LogP contribution in [0.25, 0.3) is 0 Å². The van der Waals surface area contributed by atoms with Crippen molar-refractivity contribution < 1.29 is 0 Å². The smallest absolute Gasteiger partial charge is 0.207 e. The van der Waals surface area contributed by atoms with Gasteiger partial charge in [-0.15, -0.1) is 0 Å². The zero-order valence-electron chi connectivity index (χ0n) is 10.1. The second-order valence-corrected chi connectivity index (χ2v) is 4.64. The number of benzene rings is 1. The maximum Gasteiger partial charge on any atom is 0.207 e. The molecule has 2 aromatic rings. The predicted octanol–water partition coefficient (Wildman–Crippen LogP) is 3.04. The van der Waals surface area contributed by atoms with Gasteiger partial charge in [0.1, 0.15) is 0 Å². The van der Waals surface area contributed by atoms with Crippen LogP contribution in [0.5, 0.6) is 0 Å². The van der Waals surface area contributed by atoms with Crippen LogP contribution in [0.15, 0.2) is 30.6 Å². The molecule has 3 heteroatoms. The van der Waals surface area contributed by atoms with Crippen molar-refractivity contribution in [3.05, 3.63) is 41.7 Å². The molecule has 3 nitrogen and oxygen atoms in total. The fourth-order valence-corrected chi connectivity index (χ4v) is 2.50. The lowest BCUT2D eigenvalue weighted by Crippen LogP contribution is -2.07. The van der Waals surface area contributed by atoms with Crippen LogP contribution in [-0.2, 0) is 19.9 Å². The molecule has 88 valence electrons. The summed E-state index contributed by atoms with van der Waals surface area (Å²) in [7, 11) is 2.00. The summed E-state index contributed by atoms with van der Waals surface area (Å²) in [5.74, 6) is 0.906. The minimum absolute atomic E-state index is 0.906. The summed E-state index contributed by atoms with van der Waals surface area (Å²) in [5, 5.41) is 3.43. The topological polar surface area (TPSA) is 29.9 Å². The van der Waals surface area contributed by atoms with Crippen LogP contribution in [0, 0.1) is 0 Å². The van der Waals surface area contributed by atoms with Crippen LogP contribution in [0.2, 0.25) is 0 Å². The number of anilines is 2. The number of aryl methyl sites for hydroxylation is 2. The average molecular weight is 227 g/mol. The molecule has 0 spiro atoms. The molecule has 0 saturated carbocycles. The Hall–Kier alpha value is -1.77. The fourth-order valence-electron chi connectivity index (χ4n) is 2.50. The first-order chi connectivity index (χ1) is 8.34. The van der Waals surface area contributed by atoms with E-state index in [1.807, 2.05) is 24.0 Å². The first-order valence-electron chi connectivity index (χ1n) is 6.20. The highest BCUT2D eigenvalue weighted by molar-refractivity contribution is 5.61. The van der Waals surface area contributed by atoms with Gasteiger partial charge < -0.3 is 9.88 Å². The lowest BCUT2D eigenvalue weighted by atomic mass is 9.90. The Balaban J connectivity index is 1.95. The van der Waals surface area contributed by atoms with E-state index in [9.17, 15) is 0 Å². The maximum atomic E-state index is 4.31. The third kappa shape index (κ3) is 1.93. The van der Waals surface area contributed by atoms with Gasteiger partial charge in [-0.2, -0.15) is 0 Å². The summed E-state index contributed by atoms with van der Waals surface area (Å²) in [5.41, 5.74) is 4.19. The van der Waals surface area contributed by atoms with E-state index in [2.05, 4.69) is 28.5 Å². The summed E-state index contributed by atoms with van der Waals surface area (Å²) >= 11 is 0. The zero-order valence-corrected chi connectivity index (χ0v) is 10.1. The van der Waals surface area contributed by atoms with Crippen LogP contribution in [-0.4, -0.2) is 9.55 Å². The molecule has 0 fully saturated rings. The van der Waals surface area contributed by atoms with Gasteiger partial charge >= 0.3 is 0 Å². The van der Waals surface area contributed by atoms with E-state index >= 15 is 0 Å². The lowest BCUT2D eigenvalue weighted by molar-refractivity contribution is 0.687. The summed E-state index contributed by atoms with van der Waals surface area (Å²) in [6.45, 7) is 0. The number of nitrogens with zero attached hydrogens (tertiary/aromatic N) is 2. The number of rotatable bonds is 2. The molecular weight excluding hydrogens is 210 g/mol. The molecule has 0 atom stereocenters. The van der Waals surface area contributed by atoms with Gasteiger partial charge in [0.15, 0.2) is 0 Å². The molecule has 1 aliphatic rings. The number of hydrogen-bond acceptors (Lipinski definition) is 2. The van der Waals surface area contributed by atoms with Crippen LogP contribution in [0.3, 0.4) is 0 Å². The molecule has 0 radical (unpaired) electrons. The minimum atomic E-state index is 0.906. The fraction of sp³-hybridized carbons (Fsp3) is 0.357. The van der Waals surface area contributed by atoms with Crippen LogP contribution < -0.4 is 5.32 Å². The van der Waals surface area contributed by atoms with Crippen molar-refractivity contribution >= 4 is 11.6 Å². The van der Waals surface area contributed by atoms with Crippen molar-refractivity contribution in [2.24, 2.45) is 7.05 Å². The standard InChI is InChI=1S/C14H17N3/c1-17-10-9-15-14(17)16-13-8-4-6-11-5-2-3-7-12(11)13/h4,6,8-10H,2-3,5,7H2,1H3,(H,15,16). The van der Waals surface area contributed by atoms with Crippen LogP contribution >= 0.6 is 0 Å². The van der Waals surface area contributed by atoms with Crippen molar-refractivity contribution in [3.8, 4) is 0 Å². The highest BCUT2D eigenvalue weighted by Crippen LogP contribution is 2.29. The third-order valence-corrected chi connectivity index (χ3v) is 3.46. The molecule has 1 N–H and O–H groups in total. The highest BCUT2D eigenvalue weighted by Gasteiger charge is 2.13. The molecule has 1 aromatic carbocycles. The molecule has 0 unspecified atom stereocenters. The van der Waals surface area contributed by atoms with Crippen molar-refractivity contribution in [2.45, 2.75) is 25.7 Å². The second kappa shape index (κ2) is 4.24. The van der Waals surface area contributed by atoms with E-state index in [4.69, 9.17) is 0 Å². The first kappa shape index (κ1) is 10.4. The molecule has 17 heavy (non-hydrogen) atoms. The third-order valence-electron chi connectivity index (χ3n) is 3.46. The maximum absolute atomic E-state index is 4.31. The van der Waals surface area contributed by atoms with E-state index < -0.39 is 0 Å². The molecule has 1 aliphatic carbocycles. The van der Waals surface area contributed by atoms with Crippen LogP contribution in [0.1, 0.15) is 24.0 Å². The molecule has 0 amide bonds. The molecule has 0 saturated heterocycles. The number of imidazole rings is 1. The Labute approximate surface area is 101 Å². The monoisotopic (exact) mass is 227 g/mol. The number of hydrogen-bond donors (Lipinski definition) is 1. The van der Waals surface area contributed by atoms with Gasteiger partial charge in [-0.25, -0.2) is 4.98 Å². The Morgan fingerprint density at radius 1 is 1.24 bits per heavy atom. The van der Waals surface area contributed by atoms with Gasteiger partial charge in [0.25, 0.3) is 0 Å². The Bertz CT molecular complexity index is 528. The average Bonchev–Trinajstić information content (AvgIpc) is 2.76. The summed E-state index contributed by atoms with van der Waals surface area (Å²) in [6, 6.07) is 6.53. The largest absolute Gasteiger partial charge is 0.325 e.